The summed E-state index contributed by atoms with van der Waals surface area (Å²) in [4.78, 5) is 12.1. The van der Waals surface area contributed by atoms with Crippen molar-refractivity contribution in [2.75, 3.05) is 11.4 Å². The Morgan fingerprint density at radius 3 is 2.52 bits per heavy atom. The van der Waals surface area contributed by atoms with Gasteiger partial charge in [-0.1, -0.05) is 38.8 Å². The maximum Gasteiger partial charge on any atom is 0.143 e. The van der Waals surface area contributed by atoms with E-state index >= 15 is 0 Å². The Balaban J connectivity index is 1.33. The predicted molar refractivity (Wildman–Crippen MR) is 162 cm³/mol. The second kappa shape index (κ2) is 12.8. The molecule has 40 heavy (non-hydrogen) atoms. The van der Waals surface area contributed by atoms with Crippen LogP contribution in [0.15, 0.2) is 55.1 Å². The largest absolute Gasteiger partial charge is 0.330 e. The van der Waals surface area contributed by atoms with Crippen molar-refractivity contribution in [1.29, 1.82) is 5.26 Å². The van der Waals surface area contributed by atoms with E-state index < -0.39 is 0 Å². The second-order valence-corrected chi connectivity index (χ2v) is 12.1. The van der Waals surface area contributed by atoms with Crippen LogP contribution in [0.5, 0.6) is 0 Å². The third-order valence-corrected chi connectivity index (χ3v) is 9.10. The number of hydrogen-bond acceptors (Lipinski definition) is 5. The Kier molecular flexibility index (Phi) is 8.99. The maximum absolute atomic E-state index is 9.56. The highest BCUT2D eigenvalue weighted by Crippen LogP contribution is 2.39. The summed E-state index contributed by atoms with van der Waals surface area (Å²) in [7, 11) is 0. The number of aromatic nitrogens is 4. The lowest BCUT2D eigenvalue weighted by Gasteiger charge is -2.37. The number of nitriles is 1. The monoisotopic (exact) mass is 536 g/mol. The summed E-state index contributed by atoms with van der Waals surface area (Å²) < 4.78 is 2.01. The Morgan fingerprint density at radius 1 is 1.07 bits per heavy atom. The Labute approximate surface area is 240 Å². The minimum atomic E-state index is 0.332. The van der Waals surface area contributed by atoms with E-state index in [1.54, 1.807) is 0 Å². The van der Waals surface area contributed by atoms with Gasteiger partial charge in [0, 0.05) is 47.9 Å². The molecule has 0 N–H and O–H groups in total. The van der Waals surface area contributed by atoms with Crippen LogP contribution in [0.2, 0.25) is 0 Å². The summed E-state index contributed by atoms with van der Waals surface area (Å²) in [5, 5.41) is 14.1. The molecule has 0 aliphatic heterocycles. The lowest BCUT2D eigenvalue weighted by molar-refractivity contribution is 0.320. The van der Waals surface area contributed by atoms with Gasteiger partial charge in [0.05, 0.1) is 6.20 Å². The molecule has 3 aromatic heterocycles. The zero-order valence-corrected chi connectivity index (χ0v) is 24.5. The quantitative estimate of drug-likeness (QED) is 0.275. The number of rotatable bonds is 9. The number of allylic oxidation sites excluding steroid dienone is 1. The molecule has 2 saturated carbocycles. The topological polar surface area (TPSA) is 70.6 Å². The van der Waals surface area contributed by atoms with E-state index in [0.717, 1.165) is 66.9 Å². The summed E-state index contributed by atoms with van der Waals surface area (Å²) in [6.45, 7) is 12.0. The molecule has 0 saturated heterocycles. The first-order valence-corrected chi connectivity index (χ1v) is 15.3. The van der Waals surface area contributed by atoms with Crippen LogP contribution in [0.25, 0.3) is 11.1 Å². The first-order chi connectivity index (χ1) is 19.5. The highest BCUT2D eigenvalue weighted by atomic mass is 15.3. The molecular weight excluding hydrogens is 492 g/mol. The lowest BCUT2D eigenvalue weighted by atomic mass is 9.79. The molecule has 5 rings (SSSR count). The van der Waals surface area contributed by atoms with Crippen LogP contribution in [-0.2, 0) is 6.42 Å². The summed E-state index contributed by atoms with van der Waals surface area (Å²) in [6, 6.07) is 11.2. The Bertz CT molecular complexity index is 1330. The van der Waals surface area contributed by atoms with Crippen molar-refractivity contribution in [2.24, 2.45) is 11.8 Å². The molecule has 0 aromatic carbocycles. The molecule has 2 fully saturated rings. The van der Waals surface area contributed by atoms with Crippen LogP contribution >= 0.6 is 0 Å². The van der Waals surface area contributed by atoms with Gasteiger partial charge in [-0.15, -0.1) is 0 Å². The van der Waals surface area contributed by atoms with Gasteiger partial charge in [-0.25, -0.2) is 9.97 Å². The smallest absolute Gasteiger partial charge is 0.143 e. The van der Waals surface area contributed by atoms with E-state index in [-0.39, 0.29) is 0 Å². The van der Waals surface area contributed by atoms with Gasteiger partial charge in [0.15, 0.2) is 0 Å². The van der Waals surface area contributed by atoms with Crippen molar-refractivity contribution in [3.8, 4) is 17.2 Å². The van der Waals surface area contributed by atoms with Crippen molar-refractivity contribution < 1.29 is 0 Å². The molecule has 0 radical (unpaired) electrons. The molecule has 2 aliphatic carbocycles. The Morgan fingerprint density at radius 2 is 1.85 bits per heavy atom. The van der Waals surface area contributed by atoms with Crippen LogP contribution in [0.1, 0.15) is 107 Å². The van der Waals surface area contributed by atoms with E-state index in [1.807, 2.05) is 17.1 Å². The number of hydrogen-bond donors (Lipinski definition) is 0. The summed E-state index contributed by atoms with van der Waals surface area (Å²) in [6.07, 6.45) is 17.8. The van der Waals surface area contributed by atoms with Gasteiger partial charge in [-0.2, -0.15) is 10.4 Å². The molecule has 6 nitrogen and oxygen atoms in total. The van der Waals surface area contributed by atoms with Gasteiger partial charge < -0.3 is 4.90 Å². The van der Waals surface area contributed by atoms with Gasteiger partial charge in [-0.05, 0) is 100.0 Å². The average Bonchev–Trinajstić information content (AvgIpc) is 3.51. The zero-order chi connectivity index (χ0) is 28.1. The maximum atomic E-state index is 9.56. The molecule has 3 aromatic rings. The minimum Gasteiger partial charge on any atom is -0.330 e. The molecule has 3 heterocycles. The molecule has 2 aliphatic rings. The fourth-order valence-corrected chi connectivity index (χ4v) is 6.54. The molecule has 0 atom stereocenters. The van der Waals surface area contributed by atoms with Crippen LogP contribution in [-0.4, -0.2) is 26.3 Å². The highest BCUT2D eigenvalue weighted by Gasteiger charge is 2.29. The van der Waals surface area contributed by atoms with E-state index in [1.165, 1.54) is 37.8 Å². The number of anilines is 1. The fraction of sp³-hybridized carbons (Fsp3) is 0.529. The van der Waals surface area contributed by atoms with Crippen LogP contribution in [0, 0.1) is 23.2 Å². The average molecular weight is 537 g/mol. The van der Waals surface area contributed by atoms with Gasteiger partial charge >= 0.3 is 0 Å². The third-order valence-electron chi connectivity index (χ3n) is 9.10. The van der Waals surface area contributed by atoms with Crippen molar-refractivity contribution in [3.05, 3.63) is 72.1 Å². The first-order valence-electron chi connectivity index (χ1n) is 15.3. The predicted octanol–water partition coefficient (Wildman–Crippen LogP) is 8.23. The highest BCUT2D eigenvalue weighted by molar-refractivity contribution is 5.66. The SMILES string of the molecule is C=C(C1CCCCC1)N(CC1CCC(c2ccc(CC)c(C#N)n2)CC1)c1cc(-c2cnn(C(C)C)c2)ccn1. The van der Waals surface area contributed by atoms with E-state index in [9.17, 15) is 5.26 Å². The summed E-state index contributed by atoms with van der Waals surface area (Å²) >= 11 is 0. The third kappa shape index (κ3) is 6.30. The first kappa shape index (κ1) is 28.1. The molecule has 210 valence electrons. The van der Waals surface area contributed by atoms with E-state index in [0.29, 0.717) is 29.5 Å². The molecular formula is C34H44N6. The normalized spacial score (nSPS) is 19.9. The summed E-state index contributed by atoms with van der Waals surface area (Å²) in [5.41, 5.74) is 6.24. The second-order valence-electron chi connectivity index (χ2n) is 12.1. The molecule has 0 bridgehead atoms. The van der Waals surface area contributed by atoms with Gasteiger partial charge in [0.25, 0.3) is 0 Å². The van der Waals surface area contributed by atoms with Crippen LogP contribution in [0.4, 0.5) is 5.82 Å². The zero-order valence-electron chi connectivity index (χ0n) is 24.5. The minimum absolute atomic E-state index is 0.332. The van der Waals surface area contributed by atoms with Crippen molar-refractivity contribution in [3.63, 3.8) is 0 Å². The lowest BCUT2D eigenvalue weighted by Crippen LogP contribution is -2.34. The van der Waals surface area contributed by atoms with Crippen molar-refractivity contribution in [2.45, 2.75) is 96.9 Å². The van der Waals surface area contributed by atoms with Crippen LogP contribution < -0.4 is 4.90 Å². The molecule has 0 amide bonds. The van der Waals surface area contributed by atoms with Gasteiger partial charge in [0.2, 0.25) is 0 Å². The van der Waals surface area contributed by atoms with Gasteiger partial charge in [-0.3, -0.25) is 4.68 Å². The molecule has 0 unspecified atom stereocenters. The molecule has 0 spiro atoms. The van der Waals surface area contributed by atoms with Crippen LogP contribution in [0.3, 0.4) is 0 Å². The van der Waals surface area contributed by atoms with E-state index in [2.05, 4.69) is 73.9 Å². The van der Waals surface area contributed by atoms with E-state index in [4.69, 9.17) is 9.97 Å². The van der Waals surface area contributed by atoms with Gasteiger partial charge in [0.1, 0.15) is 17.6 Å². The fourth-order valence-electron chi connectivity index (χ4n) is 6.54. The number of aryl methyl sites for hydroxylation is 1. The standard InChI is InChI=1S/C34H44N6/c1-5-27-15-16-32(38-33(27)20-35)29-13-11-26(12-14-29)22-39(25(4)28-9-7-6-8-10-28)34-19-30(17-18-36-34)31-21-37-40(23-31)24(2)3/h15-19,21,23-24,26,28-29H,4-14,22H2,1-3H3. The van der Waals surface area contributed by atoms with Crippen molar-refractivity contribution >= 4 is 5.82 Å². The van der Waals surface area contributed by atoms with Crippen molar-refractivity contribution in [1.82, 2.24) is 19.7 Å². The number of nitrogens with zero attached hydrogens (tertiary/aromatic N) is 6. The molecule has 6 heteroatoms. The Hall–Kier alpha value is -3.46. The number of pyridine rings is 2. The summed E-state index contributed by atoms with van der Waals surface area (Å²) in [5.74, 6) is 2.55.